The number of rotatable bonds is 7. The number of amides is 5. The quantitative estimate of drug-likeness (QED) is 0.303. The van der Waals surface area contributed by atoms with Gasteiger partial charge in [-0.2, -0.15) is 0 Å². The van der Waals surface area contributed by atoms with E-state index in [1.807, 2.05) is 58.0 Å². The topological polar surface area (TPSA) is 185 Å². The van der Waals surface area contributed by atoms with Crippen LogP contribution < -0.4 is 30.1 Å². The van der Waals surface area contributed by atoms with Gasteiger partial charge in [-0.3, -0.25) is 19.1 Å². The molecule has 2 saturated carbocycles. The zero-order valence-electron chi connectivity index (χ0n) is 32.2. The number of ether oxygens (including phenoxy) is 2. The normalized spacial score (nSPS) is 30.4. The first-order chi connectivity index (χ1) is 25.3. The van der Waals surface area contributed by atoms with Crippen LogP contribution >= 0.6 is 0 Å². The Kier molecular flexibility index (Phi) is 10.7. The summed E-state index contributed by atoms with van der Waals surface area (Å²) in [5.41, 5.74) is -2.08. The number of pyridine rings is 1. The van der Waals surface area contributed by atoms with E-state index >= 15 is 0 Å². The summed E-state index contributed by atoms with van der Waals surface area (Å²) in [4.78, 5) is 62.3. The van der Waals surface area contributed by atoms with Crippen LogP contribution in [0.15, 0.2) is 42.6 Å². The van der Waals surface area contributed by atoms with E-state index < -0.39 is 73.7 Å². The first-order valence-electron chi connectivity index (χ1n) is 18.9. The average Bonchev–Trinajstić information content (AvgIpc) is 3.97. The molecule has 3 heterocycles. The molecular weight excluding hydrogens is 713 g/mol. The second-order valence-corrected chi connectivity index (χ2v) is 19.2. The minimum Gasteiger partial charge on any atom is -0.497 e. The number of aromatic nitrogens is 1. The Morgan fingerprint density at radius 2 is 1.83 bits per heavy atom. The molecule has 54 heavy (non-hydrogen) atoms. The molecule has 2 aliphatic heterocycles. The van der Waals surface area contributed by atoms with Crippen molar-refractivity contribution in [2.45, 2.75) is 121 Å². The summed E-state index contributed by atoms with van der Waals surface area (Å²) in [5, 5.41) is 10.3. The van der Waals surface area contributed by atoms with Crippen molar-refractivity contribution in [3.8, 4) is 11.6 Å². The monoisotopic (exact) mass is 766 g/mol. The van der Waals surface area contributed by atoms with E-state index in [9.17, 15) is 27.6 Å². The van der Waals surface area contributed by atoms with Crippen LogP contribution in [0.25, 0.3) is 10.8 Å². The molecule has 3 fully saturated rings. The molecule has 4 N–H and O–H groups in total. The second-order valence-electron chi connectivity index (χ2n) is 17.0. The number of benzene rings is 1. The van der Waals surface area contributed by atoms with Crippen LogP contribution in [0.2, 0.25) is 0 Å². The van der Waals surface area contributed by atoms with Crippen molar-refractivity contribution in [1.29, 1.82) is 0 Å². The summed E-state index contributed by atoms with van der Waals surface area (Å²) in [7, 11) is -2.41. The molecule has 4 aliphatic rings. The summed E-state index contributed by atoms with van der Waals surface area (Å²) >= 11 is 0. The lowest BCUT2D eigenvalue weighted by Crippen LogP contribution is -2.60. The molecule has 1 unspecified atom stereocenters. The van der Waals surface area contributed by atoms with E-state index in [2.05, 4.69) is 32.6 Å². The molecule has 294 valence electrons. The van der Waals surface area contributed by atoms with Gasteiger partial charge in [-0.15, -0.1) is 0 Å². The van der Waals surface area contributed by atoms with E-state index in [0.29, 0.717) is 42.7 Å². The number of methoxy groups -OCH3 is 1. The summed E-state index contributed by atoms with van der Waals surface area (Å²) < 4.78 is 39.4. The highest BCUT2D eigenvalue weighted by molar-refractivity contribution is 7.91. The molecule has 1 aromatic heterocycles. The van der Waals surface area contributed by atoms with E-state index in [1.54, 1.807) is 26.3 Å². The number of fused-ring (bicyclic) bond motifs is 3. The van der Waals surface area contributed by atoms with Gasteiger partial charge in [0.15, 0.2) is 0 Å². The van der Waals surface area contributed by atoms with Gasteiger partial charge in [0.1, 0.15) is 29.5 Å². The molecule has 1 saturated heterocycles. The Morgan fingerprint density at radius 1 is 1.09 bits per heavy atom. The Balaban J connectivity index is 1.35. The molecule has 15 heteroatoms. The van der Waals surface area contributed by atoms with Gasteiger partial charge in [-0.05, 0) is 108 Å². The molecule has 14 nitrogen and oxygen atoms in total. The molecule has 0 bridgehead atoms. The number of nitrogens with zero attached hydrogens (tertiary/aromatic N) is 2. The molecule has 7 atom stereocenters. The average molecular weight is 767 g/mol. The third kappa shape index (κ3) is 8.30. The number of hydrogen-bond acceptors (Lipinski definition) is 9. The van der Waals surface area contributed by atoms with Crippen LogP contribution in [-0.2, 0) is 24.4 Å². The van der Waals surface area contributed by atoms with E-state index in [0.717, 1.165) is 11.8 Å². The highest BCUT2D eigenvalue weighted by Crippen LogP contribution is 2.47. The van der Waals surface area contributed by atoms with E-state index in [1.165, 1.54) is 4.90 Å². The van der Waals surface area contributed by atoms with Crippen molar-refractivity contribution >= 4 is 44.5 Å². The van der Waals surface area contributed by atoms with Crippen LogP contribution in [0.3, 0.4) is 0 Å². The van der Waals surface area contributed by atoms with Crippen molar-refractivity contribution in [3.05, 3.63) is 42.6 Å². The number of hydrogen-bond donors (Lipinski definition) is 4. The van der Waals surface area contributed by atoms with Gasteiger partial charge in [-0.1, -0.05) is 26.0 Å². The van der Waals surface area contributed by atoms with Gasteiger partial charge in [0.25, 0.3) is 5.91 Å². The largest absolute Gasteiger partial charge is 0.497 e. The fourth-order valence-electron chi connectivity index (χ4n) is 7.62. The van der Waals surface area contributed by atoms with Crippen molar-refractivity contribution in [2.24, 2.45) is 17.8 Å². The van der Waals surface area contributed by atoms with Crippen molar-refractivity contribution in [3.63, 3.8) is 0 Å². The molecule has 1 aromatic carbocycles. The summed E-state index contributed by atoms with van der Waals surface area (Å²) in [6.07, 6.45) is 8.03. The van der Waals surface area contributed by atoms with Crippen molar-refractivity contribution < 1.29 is 37.1 Å². The van der Waals surface area contributed by atoms with Gasteiger partial charge in [-0.25, -0.2) is 18.2 Å². The van der Waals surface area contributed by atoms with Crippen LogP contribution in [-0.4, -0.2) is 89.7 Å². The maximum atomic E-state index is 14.8. The number of carbonyl (C=O) groups is 4. The lowest BCUT2D eigenvalue weighted by atomic mass is 9.88. The van der Waals surface area contributed by atoms with Gasteiger partial charge in [0.2, 0.25) is 27.7 Å². The van der Waals surface area contributed by atoms with E-state index in [4.69, 9.17) is 9.47 Å². The first kappa shape index (κ1) is 39.3. The maximum absolute atomic E-state index is 14.8. The number of sulfonamides is 1. The van der Waals surface area contributed by atoms with Crippen molar-refractivity contribution in [2.75, 3.05) is 13.7 Å². The standard InChI is InChI=1S/C39H54N6O8S/c1-23-10-8-9-11-26-21-39(26,35(48)44-54(50,51)38(6)15-16-38)42-32(46)30-20-28(53-33-29-13-12-27(52-7)19-25(29)14-17-40-33)22-45(30)34(47)31(24(2)18-23)41-36(49)43-37(3,4)5/h9,11-14,17,19,23-24,26,28,30-31H,8,10,15-16,18,20-22H2,1-7H3,(H,42,46)(H,44,48)(H2,41,43,49)/b11-9-/t23-,24-,26-,28-,30?,31+,39-/m1/s1. The van der Waals surface area contributed by atoms with Gasteiger partial charge < -0.3 is 30.3 Å². The van der Waals surface area contributed by atoms with Gasteiger partial charge in [0, 0.05) is 29.5 Å². The third-order valence-electron chi connectivity index (χ3n) is 11.2. The maximum Gasteiger partial charge on any atom is 0.315 e. The summed E-state index contributed by atoms with van der Waals surface area (Å²) in [6, 6.07) is 4.72. The fraction of sp³-hybridized carbons (Fsp3) is 0.615. The first-order valence-corrected chi connectivity index (χ1v) is 20.4. The summed E-state index contributed by atoms with van der Waals surface area (Å²) in [5.74, 6) is -1.43. The predicted molar refractivity (Wildman–Crippen MR) is 203 cm³/mol. The molecule has 0 radical (unpaired) electrons. The predicted octanol–water partition coefficient (Wildman–Crippen LogP) is 3.94. The minimum atomic E-state index is -3.99. The SMILES string of the molecule is COc1ccc2c(O[C@@H]3CC4C(=O)N[C@]5(C(=O)NS(=O)(=O)C6(C)CC6)C[C@H]5/C=C\CC[C@@H](C)C[C@@H](C)[C@H](NC(=O)NC(C)(C)C)C(=O)N4C3)nccc2c1. The minimum absolute atomic E-state index is 0.00173. The fourth-order valence-corrected chi connectivity index (χ4v) is 8.93. The lowest BCUT2D eigenvalue weighted by molar-refractivity contribution is -0.142. The molecule has 5 amide bonds. The van der Waals surface area contributed by atoms with Crippen LogP contribution in [0.1, 0.15) is 86.5 Å². The Labute approximate surface area is 317 Å². The smallest absolute Gasteiger partial charge is 0.315 e. The number of carbonyl (C=O) groups excluding carboxylic acids is 4. The Morgan fingerprint density at radius 3 is 2.52 bits per heavy atom. The van der Waals surface area contributed by atoms with Crippen LogP contribution in [0, 0.1) is 17.8 Å². The Bertz CT molecular complexity index is 1940. The van der Waals surface area contributed by atoms with Gasteiger partial charge >= 0.3 is 6.03 Å². The second kappa shape index (κ2) is 14.7. The highest BCUT2D eigenvalue weighted by atomic mass is 32.2. The third-order valence-corrected chi connectivity index (χ3v) is 13.4. The molecule has 2 aromatic rings. The number of allylic oxidation sites excluding steroid dienone is 1. The van der Waals surface area contributed by atoms with Crippen molar-refractivity contribution in [1.82, 2.24) is 30.6 Å². The number of urea groups is 1. The zero-order chi connectivity index (χ0) is 39.2. The highest BCUT2D eigenvalue weighted by Gasteiger charge is 2.63. The molecule has 2 aliphatic carbocycles. The lowest BCUT2D eigenvalue weighted by Gasteiger charge is -2.33. The van der Waals surface area contributed by atoms with Gasteiger partial charge in [0.05, 0.1) is 18.4 Å². The molecular formula is C39H54N6O8S. The van der Waals surface area contributed by atoms with E-state index in [-0.39, 0.29) is 31.2 Å². The van der Waals surface area contributed by atoms with Crippen LogP contribution in [0.5, 0.6) is 11.6 Å². The number of nitrogens with one attached hydrogen (secondary N) is 4. The Hall–Kier alpha value is -4.40. The molecule has 6 rings (SSSR count). The zero-order valence-corrected chi connectivity index (χ0v) is 33.0. The summed E-state index contributed by atoms with van der Waals surface area (Å²) in [6.45, 7) is 11.1. The molecule has 0 spiro atoms. The van der Waals surface area contributed by atoms with Crippen LogP contribution in [0.4, 0.5) is 4.79 Å².